The van der Waals surface area contributed by atoms with E-state index >= 15 is 0 Å². The van der Waals surface area contributed by atoms with Gasteiger partial charge in [-0.25, -0.2) is 4.79 Å². The lowest BCUT2D eigenvalue weighted by Crippen LogP contribution is -2.41. The number of hydrogen-bond acceptors (Lipinski definition) is 3. The predicted molar refractivity (Wildman–Crippen MR) is 99.7 cm³/mol. The molecule has 0 radical (unpaired) electrons. The zero-order valence-electron chi connectivity index (χ0n) is 14.7. The maximum atomic E-state index is 12.7. The molecule has 2 amide bonds. The number of hydrogen-bond donors (Lipinski definition) is 2. The van der Waals surface area contributed by atoms with Crippen LogP contribution in [0.5, 0.6) is 0 Å². The van der Waals surface area contributed by atoms with Crippen molar-refractivity contribution in [2.24, 2.45) is 0 Å². The Bertz CT molecular complexity index is 721. The fourth-order valence-electron chi connectivity index (χ4n) is 4.22. The monoisotopic (exact) mass is 341 g/mol. The molecule has 4 rings (SSSR count). The Labute approximate surface area is 148 Å². The number of anilines is 1. The van der Waals surface area contributed by atoms with E-state index < -0.39 is 0 Å². The van der Waals surface area contributed by atoms with Crippen molar-refractivity contribution in [1.82, 2.24) is 20.0 Å². The lowest BCUT2D eigenvalue weighted by molar-refractivity contribution is 0.160. The van der Waals surface area contributed by atoms with Crippen LogP contribution in [0.2, 0.25) is 0 Å². The second-order valence-corrected chi connectivity index (χ2v) is 7.24. The normalized spacial score (nSPS) is 20.6. The van der Waals surface area contributed by atoms with Crippen molar-refractivity contribution in [1.29, 1.82) is 0 Å². The number of H-pyrrole nitrogens is 1. The van der Waals surface area contributed by atoms with Gasteiger partial charge < -0.3 is 10.2 Å². The zero-order valence-corrected chi connectivity index (χ0v) is 14.7. The summed E-state index contributed by atoms with van der Waals surface area (Å²) in [7, 11) is 0. The summed E-state index contributed by atoms with van der Waals surface area (Å²) in [6, 6.07) is 6.56. The number of aromatic nitrogens is 2. The smallest absolute Gasteiger partial charge is 0.321 e. The summed E-state index contributed by atoms with van der Waals surface area (Å²) >= 11 is 0. The molecule has 1 saturated carbocycles. The van der Waals surface area contributed by atoms with Crippen molar-refractivity contribution in [2.75, 3.05) is 31.5 Å². The fraction of sp³-hybridized carbons (Fsp3) is 0.579. The van der Waals surface area contributed by atoms with Crippen molar-refractivity contribution < 1.29 is 4.79 Å². The van der Waals surface area contributed by atoms with Gasteiger partial charge in [0.05, 0.1) is 17.4 Å². The zero-order chi connectivity index (χ0) is 17.1. The van der Waals surface area contributed by atoms with Gasteiger partial charge in [0.2, 0.25) is 0 Å². The molecule has 2 heterocycles. The van der Waals surface area contributed by atoms with Crippen molar-refractivity contribution >= 4 is 22.6 Å². The summed E-state index contributed by atoms with van der Waals surface area (Å²) < 4.78 is 0. The van der Waals surface area contributed by atoms with Crippen LogP contribution in [-0.2, 0) is 0 Å². The van der Waals surface area contributed by atoms with Crippen LogP contribution in [0.15, 0.2) is 24.4 Å². The minimum absolute atomic E-state index is 0.000746. The molecule has 6 heteroatoms. The van der Waals surface area contributed by atoms with Crippen LogP contribution in [0.1, 0.15) is 38.5 Å². The average Bonchev–Trinajstić information content (AvgIpc) is 2.99. The number of rotatable bonds is 2. The number of urea groups is 1. The molecular weight excluding hydrogens is 314 g/mol. The van der Waals surface area contributed by atoms with Gasteiger partial charge in [0, 0.05) is 37.6 Å². The summed E-state index contributed by atoms with van der Waals surface area (Å²) in [5.74, 6) is 0. The number of fused-ring (bicyclic) bond motifs is 1. The maximum Gasteiger partial charge on any atom is 0.321 e. The van der Waals surface area contributed by atoms with Crippen molar-refractivity contribution in [3.63, 3.8) is 0 Å². The third kappa shape index (κ3) is 3.63. The summed E-state index contributed by atoms with van der Waals surface area (Å²) in [6.07, 6.45) is 9.58. The molecule has 134 valence electrons. The Morgan fingerprint density at radius 3 is 2.84 bits per heavy atom. The van der Waals surface area contributed by atoms with Gasteiger partial charge in [-0.3, -0.25) is 10.00 Å². The molecule has 1 aromatic carbocycles. The first-order valence-corrected chi connectivity index (χ1v) is 9.53. The Morgan fingerprint density at radius 2 is 1.96 bits per heavy atom. The van der Waals surface area contributed by atoms with Crippen LogP contribution >= 0.6 is 0 Å². The molecule has 0 bridgehead atoms. The molecule has 1 saturated heterocycles. The van der Waals surface area contributed by atoms with E-state index in [4.69, 9.17) is 0 Å². The molecule has 1 aliphatic carbocycles. The van der Waals surface area contributed by atoms with E-state index in [9.17, 15) is 4.79 Å². The fourth-order valence-corrected chi connectivity index (χ4v) is 4.22. The molecule has 6 nitrogen and oxygen atoms in total. The highest BCUT2D eigenvalue weighted by molar-refractivity contribution is 6.00. The van der Waals surface area contributed by atoms with Crippen LogP contribution in [-0.4, -0.2) is 58.2 Å². The molecule has 1 aromatic heterocycles. The van der Waals surface area contributed by atoms with Crippen molar-refractivity contribution in [3.05, 3.63) is 24.4 Å². The summed E-state index contributed by atoms with van der Waals surface area (Å²) in [5, 5.41) is 11.0. The third-order valence-electron chi connectivity index (χ3n) is 5.64. The molecule has 25 heavy (non-hydrogen) atoms. The molecule has 0 spiro atoms. The largest absolute Gasteiger partial charge is 0.323 e. The SMILES string of the molecule is O=C(Nc1cccc2[nH]ncc12)N1CCCN(C2CCCCC2)CC1. The molecule has 0 atom stereocenters. The van der Waals surface area contributed by atoms with Crippen LogP contribution < -0.4 is 5.32 Å². The highest BCUT2D eigenvalue weighted by atomic mass is 16.2. The standard InChI is InChI=1S/C19H27N5O/c25-19(21-17-8-4-9-18-16(17)14-20-22-18)24-11-5-10-23(12-13-24)15-6-2-1-3-7-15/h4,8-9,14-15H,1-3,5-7,10-13H2,(H,20,22)(H,21,25). The molecular formula is C19H27N5O. The summed E-state index contributed by atoms with van der Waals surface area (Å²) in [5.41, 5.74) is 1.77. The average molecular weight is 341 g/mol. The third-order valence-corrected chi connectivity index (χ3v) is 5.64. The topological polar surface area (TPSA) is 64.3 Å². The Balaban J connectivity index is 1.38. The van der Waals surface area contributed by atoms with Gasteiger partial charge >= 0.3 is 6.03 Å². The quantitative estimate of drug-likeness (QED) is 0.879. The molecule has 2 aromatic rings. The van der Waals surface area contributed by atoms with Crippen LogP contribution in [0.25, 0.3) is 10.9 Å². The number of aromatic amines is 1. The van der Waals surface area contributed by atoms with Gasteiger partial charge in [-0.15, -0.1) is 0 Å². The Morgan fingerprint density at radius 1 is 1.08 bits per heavy atom. The van der Waals surface area contributed by atoms with E-state index in [2.05, 4.69) is 20.4 Å². The lowest BCUT2D eigenvalue weighted by atomic mass is 9.94. The van der Waals surface area contributed by atoms with Crippen LogP contribution in [0, 0.1) is 0 Å². The van der Waals surface area contributed by atoms with Crippen LogP contribution in [0.3, 0.4) is 0 Å². The van der Waals surface area contributed by atoms with Crippen molar-refractivity contribution in [2.45, 2.75) is 44.6 Å². The van der Waals surface area contributed by atoms with Gasteiger partial charge in [0.25, 0.3) is 0 Å². The number of carbonyl (C=O) groups is 1. The van der Waals surface area contributed by atoms with E-state index in [0.717, 1.165) is 55.2 Å². The Hall–Kier alpha value is -2.08. The van der Waals surface area contributed by atoms with E-state index in [1.165, 1.54) is 32.1 Å². The first kappa shape index (κ1) is 16.4. The van der Waals surface area contributed by atoms with Gasteiger partial charge in [0.1, 0.15) is 0 Å². The van der Waals surface area contributed by atoms with Gasteiger partial charge in [-0.1, -0.05) is 25.3 Å². The van der Waals surface area contributed by atoms with Crippen LogP contribution in [0.4, 0.5) is 10.5 Å². The van der Waals surface area contributed by atoms with Crippen molar-refractivity contribution in [3.8, 4) is 0 Å². The van der Waals surface area contributed by atoms with E-state index in [-0.39, 0.29) is 6.03 Å². The minimum atomic E-state index is -0.000746. The number of benzene rings is 1. The lowest BCUT2D eigenvalue weighted by Gasteiger charge is -2.33. The second kappa shape index (κ2) is 7.44. The second-order valence-electron chi connectivity index (χ2n) is 7.24. The Kier molecular flexibility index (Phi) is 4.88. The highest BCUT2D eigenvalue weighted by Gasteiger charge is 2.25. The summed E-state index contributed by atoms with van der Waals surface area (Å²) in [6.45, 7) is 3.75. The number of nitrogens with one attached hydrogen (secondary N) is 2. The minimum Gasteiger partial charge on any atom is -0.323 e. The maximum absolute atomic E-state index is 12.7. The van der Waals surface area contributed by atoms with E-state index in [1.54, 1.807) is 6.20 Å². The molecule has 0 unspecified atom stereocenters. The summed E-state index contributed by atoms with van der Waals surface area (Å²) in [4.78, 5) is 17.3. The van der Waals surface area contributed by atoms with E-state index in [1.807, 2.05) is 23.1 Å². The number of amides is 2. The van der Waals surface area contributed by atoms with E-state index in [0.29, 0.717) is 0 Å². The molecule has 1 aliphatic heterocycles. The highest BCUT2D eigenvalue weighted by Crippen LogP contribution is 2.24. The first-order chi connectivity index (χ1) is 12.3. The van der Waals surface area contributed by atoms with Gasteiger partial charge in [-0.2, -0.15) is 5.10 Å². The predicted octanol–water partition coefficient (Wildman–Crippen LogP) is 3.44. The van der Waals surface area contributed by atoms with Gasteiger partial charge in [0.15, 0.2) is 0 Å². The number of nitrogens with zero attached hydrogens (tertiary/aromatic N) is 3. The molecule has 2 N–H and O–H groups in total. The van der Waals surface area contributed by atoms with Gasteiger partial charge in [-0.05, 0) is 31.4 Å². The molecule has 2 aliphatic rings. The molecule has 2 fully saturated rings. The number of carbonyl (C=O) groups excluding carboxylic acids is 1. The first-order valence-electron chi connectivity index (χ1n) is 9.53.